The lowest BCUT2D eigenvalue weighted by Crippen LogP contribution is -2.33. The van der Waals surface area contributed by atoms with E-state index in [1.165, 1.54) is 32.1 Å². The first-order valence-corrected chi connectivity index (χ1v) is 10.0. The molecule has 0 aromatic rings. The summed E-state index contributed by atoms with van der Waals surface area (Å²) in [4.78, 5) is 12.7. The topological polar surface area (TPSA) is 43.1 Å². The van der Waals surface area contributed by atoms with Gasteiger partial charge in [0.25, 0.3) is 0 Å². The fourth-order valence-electron chi connectivity index (χ4n) is 4.74. The molecule has 0 bridgehead atoms. The van der Waals surface area contributed by atoms with Gasteiger partial charge in [-0.15, -0.1) is 0 Å². The Morgan fingerprint density at radius 2 is 1.13 bits per heavy atom. The number of nitrogens with two attached hydrogens (primary N) is 1. The fourth-order valence-corrected chi connectivity index (χ4v) is 4.74. The Morgan fingerprint density at radius 1 is 0.652 bits per heavy atom. The standard InChI is InChI=1S/C21H33NO/c22-20-14-12-19(13-15-20)21(23)18-10-8-17(9-11-18)7-6-16-4-2-1-3-5-16/h16-20H,1-5,8-15,22H2. The molecular weight excluding hydrogens is 282 g/mol. The summed E-state index contributed by atoms with van der Waals surface area (Å²) < 4.78 is 0. The number of ketones is 1. The summed E-state index contributed by atoms with van der Waals surface area (Å²) in [6.45, 7) is 0. The Morgan fingerprint density at radius 3 is 1.70 bits per heavy atom. The second kappa shape index (κ2) is 8.34. The number of carbonyl (C=O) groups is 1. The van der Waals surface area contributed by atoms with E-state index in [9.17, 15) is 4.79 Å². The number of rotatable bonds is 2. The summed E-state index contributed by atoms with van der Waals surface area (Å²) in [6.07, 6.45) is 15.3. The molecule has 23 heavy (non-hydrogen) atoms. The molecular formula is C21H33NO. The lowest BCUT2D eigenvalue weighted by Gasteiger charge is -2.31. The molecule has 2 heteroatoms. The van der Waals surface area contributed by atoms with E-state index in [4.69, 9.17) is 5.73 Å². The van der Waals surface area contributed by atoms with Gasteiger partial charge in [0.15, 0.2) is 0 Å². The highest BCUT2D eigenvalue weighted by Crippen LogP contribution is 2.34. The van der Waals surface area contributed by atoms with Crippen LogP contribution in [-0.4, -0.2) is 11.8 Å². The summed E-state index contributed by atoms with van der Waals surface area (Å²) in [5.41, 5.74) is 5.96. The van der Waals surface area contributed by atoms with Crippen LogP contribution in [0.3, 0.4) is 0 Å². The van der Waals surface area contributed by atoms with Crippen LogP contribution in [0.5, 0.6) is 0 Å². The van der Waals surface area contributed by atoms with Crippen molar-refractivity contribution in [2.45, 2.75) is 89.5 Å². The van der Waals surface area contributed by atoms with Gasteiger partial charge in [0.1, 0.15) is 5.78 Å². The quantitative estimate of drug-likeness (QED) is 0.764. The number of hydrogen-bond donors (Lipinski definition) is 1. The van der Waals surface area contributed by atoms with E-state index in [0.29, 0.717) is 35.5 Å². The molecule has 3 aliphatic carbocycles. The van der Waals surface area contributed by atoms with Gasteiger partial charge in [-0.25, -0.2) is 0 Å². The molecule has 3 rings (SSSR count). The summed E-state index contributed by atoms with van der Waals surface area (Å²) in [6, 6.07) is 0.338. The molecule has 0 radical (unpaired) electrons. The van der Waals surface area contributed by atoms with Crippen molar-refractivity contribution in [1.82, 2.24) is 0 Å². The maximum absolute atomic E-state index is 12.7. The number of carbonyl (C=O) groups excluding carboxylic acids is 1. The fraction of sp³-hybridized carbons (Fsp3) is 0.857. The van der Waals surface area contributed by atoms with Crippen LogP contribution in [0, 0.1) is 35.5 Å². The van der Waals surface area contributed by atoms with Crippen LogP contribution in [0.25, 0.3) is 0 Å². The van der Waals surface area contributed by atoms with Crippen LogP contribution >= 0.6 is 0 Å². The van der Waals surface area contributed by atoms with E-state index in [1.54, 1.807) is 0 Å². The average Bonchev–Trinajstić information content (AvgIpc) is 2.61. The van der Waals surface area contributed by atoms with Crippen LogP contribution < -0.4 is 5.73 Å². The van der Waals surface area contributed by atoms with Crippen molar-refractivity contribution >= 4 is 5.78 Å². The molecule has 128 valence electrons. The molecule has 0 unspecified atom stereocenters. The first kappa shape index (κ1) is 17.0. The summed E-state index contributed by atoms with van der Waals surface area (Å²) in [7, 11) is 0. The Labute approximate surface area is 142 Å². The van der Waals surface area contributed by atoms with Gasteiger partial charge in [-0.2, -0.15) is 0 Å². The molecule has 0 amide bonds. The maximum Gasteiger partial charge on any atom is 0.139 e. The first-order valence-electron chi connectivity index (χ1n) is 10.0. The maximum atomic E-state index is 12.7. The SMILES string of the molecule is NC1CCC(C(=O)C2CCC(C#CC3CCCCC3)CC2)CC1. The van der Waals surface area contributed by atoms with Gasteiger partial charge in [0, 0.05) is 29.7 Å². The molecule has 3 aliphatic rings. The van der Waals surface area contributed by atoms with Crippen molar-refractivity contribution in [1.29, 1.82) is 0 Å². The van der Waals surface area contributed by atoms with Crippen LogP contribution in [-0.2, 0) is 4.79 Å². The zero-order chi connectivity index (χ0) is 16.1. The molecule has 0 atom stereocenters. The van der Waals surface area contributed by atoms with Crippen molar-refractivity contribution in [3.63, 3.8) is 0 Å². The predicted molar refractivity (Wildman–Crippen MR) is 94.7 cm³/mol. The largest absolute Gasteiger partial charge is 0.328 e. The van der Waals surface area contributed by atoms with Gasteiger partial charge < -0.3 is 5.73 Å². The molecule has 0 spiro atoms. The monoisotopic (exact) mass is 315 g/mol. The van der Waals surface area contributed by atoms with Crippen LogP contribution in [0.15, 0.2) is 0 Å². The van der Waals surface area contributed by atoms with Crippen molar-refractivity contribution in [3.8, 4) is 11.8 Å². The van der Waals surface area contributed by atoms with Gasteiger partial charge in [-0.05, 0) is 64.2 Å². The zero-order valence-electron chi connectivity index (χ0n) is 14.6. The van der Waals surface area contributed by atoms with Crippen molar-refractivity contribution in [2.75, 3.05) is 0 Å². The number of Topliss-reactive ketones (excluding diaryl/α,β-unsaturated/α-hetero) is 1. The van der Waals surface area contributed by atoms with Gasteiger partial charge >= 0.3 is 0 Å². The second-order valence-corrected chi connectivity index (χ2v) is 8.19. The highest BCUT2D eigenvalue weighted by molar-refractivity contribution is 5.83. The Balaban J connectivity index is 1.43. The lowest BCUT2D eigenvalue weighted by atomic mass is 9.73. The lowest BCUT2D eigenvalue weighted by molar-refractivity contribution is -0.129. The molecule has 3 fully saturated rings. The highest BCUT2D eigenvalue weighted by atomic mass is 16.1. The third kappa shape index (κ3) is 4.83. The van der Waals surface area contributed by atoms with Crippen molar-refractivity contribution in [3.05, 3.63) is 0 Å². The van der Waals surface area contributed by atoms with Gasteiger partial charge in [0.05, 0.1) is 0 Å². The predicted octanol–water partition coefficient (Wildman–Crippen LogP) is 4.46. The van der Waals surface area contributed by atoms with E-state index in [2.05, 4.69) is 11.8 Å². The number of hydrogen-bond acceptors (Lipinski definition) is 2. The molecule has 0 heterocycles. The second-order valence-electron chi connectivity index (χ2n) is 8.19. The van der Waals surface area contributed by atoms with E-state index in [1.807, 2.05) is 0 Å². The molecule has 2 N–H and O–H groups in total. The van der Waals surface area contributed by atoms with E-state index >= 15 is 0 Å². The Hall–Kier alpha value is -0.810. The smallest absolute Gasteiger partial charge is 0.139 e. The van der Waals surface area contributed by atoms with Gasteiger partial charge in [0.2, 0.25) is 0 Å². The highest BCUT2D eigenvalue weighted by Gasteiger charge is 2.32. The van der Waals surface area contributed by atoms with Gasteiger partial charge in [-0.1, -0.05) is 31.1 Å². The third-order valence-corrected chi connectivity index (χ3v) is 6.40. The molecule has 0 aromatic heterocycles. The zero-order valence-corrected chi connectivity index (χ0v) is 14.6. The van der Waals surface area contributed by atoms with Crippen LogP contribution in [0.4, 0.5) is 0 Å². The summed E-state index contributed by atoms with van der Waals surface area (Å²) >= 11 is 0. The molecule has 0 aromatic carbocycles. The van der Waals surface area contributed by atoms with E-state index in [-0.39, 0.29) is 0 Å². The van der Waals surface area contributed by atoms with Crippen LogP contribution in [0.2, 0.25) is 0 Å². The van der Waals surface area contributed by atoms with E-state index in [0.717, 1.165) is 51.4 Å². The van der Waals surface area contributed by atoms with Crippen LogP contribution in [0.1, 0.15) is 83.5 Å². The minimum Gasteiger partial charge on any atom is -0.328 e. The normalized spacial score (nSPS) is 36.0. The van der Waals surface area contributed by atoms with Crippen molar-refractivity contribution < 1.29 is 4.79 Å². The Kier molecular flexibility index (Phi) is 6.17. The average molecular weight is 316 g/mol. The minimum atomic E-state index is 0.310. The molecule has 3 saturated carbocycles. The van der Waals surface area contributed by atoms with Crippen molar-refractivity contribution in [2.24, 2.45) is 29.4 Å². The molecule has 0 aliphatic heterocycles. The first-order chi connectivity index (χ1) is 11.2. The summed E-state index contributed by atoms with van der Waals surface area (Å²) in [5.74, 6) is 9.51. The molecule has 0 saturated heterocycles. The Bertz CT molecular complexity index is 438. The minimum absolute atomic E-state index is 0.310. The van der Waals surface area contributed by atoms with E-state index < -0.39 is 0 Å². The third-order valence-electron chi connectivity index (χ3n) is 6.40. The summed E-state index contributed by atoms with van der Waals surface area (Å²) in [5, 5.41) is 0. The molecule has 2 nitrogen and oxygen atoms in total. The van der Waals surface area contributed by atoms with Gasteiger partial charge in [-0.3, -0.25) is 4.79 Å².